The smallest absolute Gasteiger partial charge is 0.316 e. The Morgan fingerprint density at radius 3 is 2.78 bits per heavy atom. The van der Waals surface area contributed by atoms with Gasteiger partial charge in [0, 0.05) is 11.8 Å². The van der Waals surface area contributed by atoms with Gasteiger partial charge in [-0.3, -0.25) is 4.79 Å². The quantitative estimate of drug-likeness (QED) is 0.612. The van der Waals surface area contributed by atoms with Crippen molar-refractivity contribution in [3.05, 3.63) is 66.1 Å². The molecule has 0 saturated heterocycles. The molecule has 0 bridgehead atoms. The van der Waals surface area contributed by atoms with Gasteiger partial charge in [-0.25, -0.2) is 0 Å². The van der Waals surface area contributed by atoms with E-state index in [1.165, 1.54) is 17.3 Å². The Labute approximate surface area is 137 Å². The van der Waals surface area contributed by atoms with Gasteiger partial charge in [0.2, 0.25) is 5.76 Å². The molecule has 0 N–H and O–H groups in total. The minimum absolute atomic E-state index is 0.0922. The Morgan fingerprint density at radius 2 is 2.00 bits per heavy atom. The third kappa shape index (κ3) is 4.50. The van der Waals surface area contributed by atoms with Gasteiger partial charge in [0.1, 0.15) is 12.3 Å². The first-order chi connectivity index (χ1) is 11.3. The van der Waals surface area contributed by atoms with Gasteiger partial charge in [0.25, 0.3) is 0 Å². The average Bonchev–Trinajstić information content (AvgIpc) is 3.25. The van der Waals surface area contributed by atoms with E-state index in [4.69, 9.17) is 13.7 Å². The minimum Gasteiger partial charge on any atom is -0.461 e. The molecule has 2 aromatic heterocycles. The lowest BCUT2D eigenvalue weighted by Gasteiger charge is -2.03. The van der Waals surface area contributed by atoms with Crippen LogP contribution in [0.5, 0.6) is 0 Å². The van der Waals surface area contributed by atoms with E-state index in [1.54, 1.807) is 24.5 Å². The monoisotopic (exact) mass is 329 g/mol. The second-order valence-corrected chi connectivity index (χ2v) is 5.78. The first kappa shape index (κ1) is 15.4. The lowest BCUT2D eigenvalue weighted by Crippen LogP contribution is -2.07. The van der Waals surface area contributed by atoms with Gasteiger partial charge in [-0.2, -0.15) is 0 Å². The molecule has 118 valence electrons. The highest BCUT2D eigenvalue weighted by atomic mass is 32.2. The molecule has 0 spiro atoms. The molecular weight excluding hydrogens is 314 g/mol. The van der Waals surface area contributed by atoms with E-state index in [2.05, 4.69) is 5.16 Å². The third-order valence-electron chi connectivity index (χ3n) is 3.04. The van der Waals surface area contributed by atoms with Crippen molar-refractivity contribution in [3.63, 3.8) is 0 Å². The van der Waals surface area contributed by atoms with Gasteiger partial charge in [-0.05, 0) is 17.7 Å². The van der Waals surface area contributed by atoms with E-state index in [-0.39, 0.29) is 12.6 Å². The molecule has 0 aliphatic heterocycles. The molecule has 6 heteroatoms. The summed E-state index contributed by atoms with van der Waals surface area (Å²) in [4.78, 5) is 11.7. The number of furan rings is 1. The molecule has 0 unspecified atom stereocenters. The molecule has 23 heavy (non-hydrogen) atoms. The normalized spacial score (nSPS) is 10.6. The van der Waals surface area contributed by atoms with Crippen LogP contribution in [0.25, 0.3) is 11.5 Å². The number of hydrogen-bond donors (Lipinski definition) is 0. The fourth-order valence-electron chi connectivity index (χ4n) is 1.94. The van der Waals surface area contributed by atoms with Crippen LogP contribution in [-0.2, 0) is 21.9 Å². The van der Waals surface area contributed by atoms with Gasteiger partial charge in [0.05, 0.1) is 12.0 Å². The molecule has 3 aromatic rings. The van der Waals surface area contributed by atoms with Gasteiger partial charge in [-0.15, -0.1) is 11.8 Å². The molecule has 0 saturated carbocycles. The molecule has 0 aliphatic carbocycles. The summed E-state index contributed by atoms with van der Waals surface area (Å²) in [7, 11) is 0. The second-order valence-electron chi connectivity index (χ2n) is 4.80. The Balaban J connectivity index is 1.41. The van der Waals surface area contributed by atoms with E-state index >= 15 is 0 Å². The number of ether oxygens (including phenoxy) is 1. The maximum Gasteiger partial charge on any atom is 0.316 e. The van der Waals surface area contributed by atoms with Crippen molar-refractivity contribution < 1.29 is 18.5 Å². The second kappa shape index (κ2) is 7.69. The molecule has 0 amide bonds. The first-order valence-electron chi connectivity index (χ1n) is 7.08. The number of carbonyl (C=O) groups excluding carboxylic acids is 1. The van der Waals surface area contributed by atoms with E-state index in [0.29, 0.717) is 23.0 Å². The van der Waals surface area contributed by atoms with Crippen LogP contribution in [0.3, 0.4) is 0 Å². The molecule has 0 aliphatic rings. The fourth-order valence-corrected chi connectivity index (χ4v) is 2.72. The number of hydrogen-bond acceptors (Lipinski definition) is 6. The molecule has 1 aromatic carbocycles. The summed E-state index contributed by atoms with van der Waals surface area (Å²) in [5.74, 6) is 1.92. The van der Waals surface area contributed by atoms with Gasteiger partial charge < -0.3 is 13.7 Å². The topological polar surface area (TPSA) is 65.5 Å². The SMILES string of the molecule is O=C(CSCc1ccccc1)OCc1cc(-c2ccco2)on1. The van der Waals surface area contributed by atoms with Crippen molar-refractivity contribution in [2.75, 3.05) is 5.75 Å². The largest absolute Gasteiger partial charge is 0.461 e. The summed E-state index contributed by atoms with van der Waals surface area (Å²) in [6.07, 6.45) is 1.56. The Kier molecular flexibility index (Phi) is 5.16. The number of carbonyl (C=O) groups is 1. The van der Waals surface area contributed by atoms with E-state index in [0.717, 1.165) is 5.75 Å². The van der Waals surface area contributed by atoms with Crippen LogP contribution < -0.4 is 0 Å². The van der Waals surface area contributed by atoms with E-state index < -0.39 is 0 Å². The standard InChI is InChI=1S/C17H15NO4S/c19-17(12-23-11-13-5-2-1-3-6-13)21-10-14-9-16(22-18-14)15-7-4-8-20-15/h1-9H,10-12H2. The minimum atomic E-state index is -0.270. The van der Waals surface area contributed by atoms with Gasteiger partial charge >= 0.3 is 5.97 Å². The molecule has 5 nitrogen and oxygen atoms in total. The van der Waals surface area contributed by atoms with E-state index in [1.807, 2.05) is 30.3 Å². The zero-order valence-electron chi connectivity index (χ0n) is 12.3. The van der Waals surface area contributed by atoms with Crippen LogP contribution in [0.2, 0.25) is 0 Å². The Morgan fingerprint density at radius 1 is 1.13 bits per heavy atom. The molecule has 0 atom stereocenters. The Bertz CT molecular complexity index is 737. The summed E-state index contributed by atoms with van der Waals surface area (Å²) >= 11 is 1.52. The number of aromatic nitrogens is 1. The van der Waals surface area contributed by atoms with Crippen molar-refractivity contribution in [3.8, 4) is 11.5 Å². The predicted octanol–water partition coefficient (Wildman–Crippen LogP) is 3.91. The van der Waals surface area contributed by atoms with Crippen molar-refractivity contribution in [2.45, 2.75) is 12.4 Å². The third-order valence-corrected chi connectivity index (χ3v) is 4.01. The van der Waals surface area contributed by atoms with Crippen LogP contribution in [0.1, 0.15) is 11.3 Å². The fraction of sp³-hybridized carbons (Fsp3) is 0.176. The van der Waals surface area contributed by atoms with Crippen molar-refractivity contribution in [1.82, 2.24) is 5.16 Å². The maximum atomic E-state index is 11.7. The van der Waals surface area contributed by atoms with E-state index in [9.17, 15) is 4.79 Å². The highest BCUT2D eigenvalue weighted by molar-refractivity contribution is 7.99. The van der Waals surface area contributed by atoms with Crippen LogP contribution >= 0.6 is 11.8 Å². The number of rotatable bonds is 7. The van der Waals surface area contributed by atoms with Crippen LogP contribution in [0.4, 0.5) is 0 Å². The number of benzene rings is 1. The molecular formula is C17H15NO4S. The highest BCUT2D eigenvalue weighted by Crippen LogP contribution is 2.21. The first-order valence-corrected chi connectivity index (χ1v) is 8.23. The average molecular weight is 329 g/mol. The van der Waals surface area contributed by atoms with Crippen molar-refractivity contribution in [1.29, 1.82) is 0 Å². The van der Waals surface area contributed by atoms with Crippen molar-refractivity contribution >= 4 is 17.7 Å². The predicted molar refractivity (Wildman–Crippen MR) is 86.6 cm³/mol. The van der Waals surface area contributed by atoms with Crippen LogP contribution in [0.15, 0.2) is 63.7 Å². The molecule has 2 heterocycles. The van der Waals surface area contributed by atoms with Gasteiger partial charge in [0.15, 0.2) is 5.76 Å². The van der Waals surface area contributed by atoms with Crippen molar-refractivity contribution in [2.24, 2.45) is 0 Å². The lowest BCUT2D eigenvalue weighted by atomic mass is 10.2. The zero-order chi connectivity index (χ0) is 15.9. The van der Waals surface area contributed by atoms with Crippen LogP contribution in [-0.4, -0.2) is 16.9 Å². The summed E-state index contributed by atoms with van der Waals surface area (Å²) in [5.41, 5.74) is 1.74. The van der Waals surface area contributed by atoms with Crippen LogP contribution in [0, 0.1) is 0 Å². The lowest BCUT2D eigenvalue weighted by molar-refractivity contribution is -0.141. The molecule has 3 rings (SSSR count). The molecule has 0 radical (unpaired) electrons. The zero-order valence-corrected chi connectivity index (χ0v) is 13.1. The maximum absolute atomic E-state index is 11.7. The number of esters is 1. The number of nitrogens with zero attached hydrogens (tertiary/aromatic N) is 1. The number of thioether (sulfide) groups is 1. The highest BCUT2D eigenvalue weighted by Gasteiger charge is 2.11. The summed E-state index contributed by atoms with van der Waals surface area (Å²) in [6, 6.07) is 15.2. The van der Waals surface area contributed by atoms with Gasteiger partial charge in [-0.1, -0.05) is 35.5 Å². The molecule has 0 fully saturated rings. The summed E-state index contributed by atoms with van der Waals surface area (Å²) in [6.45, 7) is 0.0922. The summed E-state index contributed by atoms with van der Waals surface area (Å²) in [5, 5.41) is 3.85. The Hall–Kier alpha value is -2.47. The summed E-state index contributed by atoms with van der Waals surface area (Å²) < 4.78 is 15.5.